The third-order valence-electron chi connectivity index (χ3n) is 2.83. The largest absolute Gasteiger partial charge is 0.494 e. The molecule has 0 aromatic heterocycles. The van der Waals surface area contributed by atoms with Gasteiger partial charge in [0, 0.05) is 0 Å². The number of halogens is 1. The molecule has 1 N–H and O–H groups in total. The number of aliphatic hydroxyl groups is 1. The Balaban J connectivity index is 2.13. The maximum absolute atomic E-state index is 13.1. The second kappa shape index (κ2) is 6.34. The van der Waals surface area contributed by atoms with Gasteiger partial charge >= 0.3 is 0 Å². The molecule has 0 aliphatic carbocycles. The SMILES string of the molecule is CCCOc1ccc(C(O)c2cccc(F)c2)cc1. The van der Waals surface area contributed by atoms with Crippen LogP contribution >= 0.6 is 0 Å². The smallest absolute Gasteiger partial charge is 0.123 e. The second-order valence-electron chi connectivity index (χ2n) is 4.38. The van der Waals surface area contributed by atoms with Crippen molar-refractivity contribution in [1.29, 1.82) is 0 Å². The number of rotatable bonds is 5. The quantitative estimate of drug-likeness (QED) is 0.888. The molecule has 0 heterocycles. The topological polar surface area (TPSA) is 29.5 Å². The highest BCUT2D eigenvalue weighted by molar-refractivity contribution is 5.34. The Morgan fingerprint density at radius 1 is 1.11 bits per heavy atom. The first-order chi connectivity index (χ1) is 9.20. The zero-order valence-electron chi connectivity index (χ0n) is 10.8. The van der Waals surface area contributed by atoms with Crippen molar-refractivity contribution in [3.05, 3.63) is 65.5 Å². The van der Waals surface area contributed by atoms with Gasteiger partial charge in [0.1, 0.15) is 17.7 Å². The highest BCUT2D eigenvalue weighted by Crippen LogP contribution is 2.24. The van der Waals surface area contributed by atoms with Crippen molar-refractivity contribution >= 4 is 0 Å². The minimum atomic E-state index is -0.823. The Morgan fingerprint density at radius 3 is 2.47 bits per heavy atom. The second-order valence-corrected chi connectivity index (χ2v) is 4.38. The fourth-order valence-electron chi connectivity index (χ4n) is 1.84. The average molecular weight is 260 g/mol. The summed E-state index contributed by atoms with van der Waals surface area (Å²) < 4.78 is 18.6. The molecule has 19 heavy (non-hydrogen) atoms. The maximum Gasteiger partial charge on any atom is 0.123 e. The van der Waals surface area contributed by atoms with Crippen LogP contribution in [-0.4, -0.2) is 11.7 Å². The molecule has 0 saturated carbocycles. The Labute approximate surface area is 112 Å². The van der Waals surface area contributed by atoms with Crippen LogP contribution in [0.1, 0.15) is 30.6 Å². The van der Waals surface area contributed by atoms with Crippen molar-refractivity contribution in [2.75, 3.05) is 6.61 Å². The summed E-state index contributed by atoms with van der Waals surface area (Å²) in [6.45, 7) is 2.72. The van der Waals surface area contributed by atoms with E-state index in [1.54, 1.807) is 24.3 Å². The minimum Gasteiger partial charge on any atom is -0.494 e. The van der Waals surface area contributed by atoms with Crippen LogP contribution in [0.15, 0.2) is 48.5 Å². The molecule has 2 nitrogen and oxygen atoms in total. The summed E-state index contributed by atoms with van der Waals surface area (Å²) in [7, 11) is 0. The third kappa shape index (κ3) is 3.55. The predicted molar refractivity (Wildman–Crippen MR) is 72.7 cm³/mol. The van der Waals surface area contributed by atoms with Gasteiger partial charge in [-0.2, -0.15) is 0 Å². The first-order valence-electron chi connectivity index (χ1n) is 6.37. The number of ether oxygens (including phenoxy) is 1. The summed E-state index contributed by atoms with van der Waals surface area (Å²) >= 11 is 0. The maximum atomic E-state index is 13.1. The molecule has 0 saturated heterocycles. The van der Waals surface area contributed by atoms with Crippen LogP contribution in [0.2, 0.25) is 0 Å². The monoisotopic (exact) mass is 260 g/mol. The summed E-state index contributed by atoms with van der Waals surface area (Å²) in [6.07, 6.45) is 0.129. The molecule has 0 fully saturated rings. The average Bonchev–Trinajstić information content (AvgIpc) is 2.45. The van der Waals surface area contributed by atoms with Gasteiger partial charge < -0.3 is 9.84 Å². The number of hydrogen-bond acceptors (Lipinski definition) is 2. The van der Waals surface area contributed by atoms with E-state index >= 15 is 0 Å². The lowest BCUT2D eigenvalue weighted by atomic mass is 10.0. The Kier molecular flexibility index (Phi) is 4.53. The molecule has 0 aliphatic heterocycles. The number of aliphatic hydroxyl groups excluding tert-OH is 1. The third-order valence-corrected chi connectivity index (χ3v) is 2.83. The highest BCUT2D eigenvalue weighted by Gasteiger charge is 2.10. The first-order valence-corrected chi connectivity index (χ1v) is 6.37. The lowest BCUT2D eigenvalue weighted by molar-refractivity contribution is 0.219. The fourth-order valence-corrected chi connectivity index (χ4v) is 1.84. The van der Waals surface area contributed by atoms with E-state index in [2.05, 4.69) is 0 Å². The van der Waals surface area contributed by atoms with Crippen LogP contribution in [0.3, 0.4) is 0 Å². The van der Waals surface area contributed by atoms with Crippen LogP contribution in [0.25, 0.3) is 0 Å². The van der Waals surface area contributed by atoms with E-state index in [0.29, 0.717) is 12.2 Å². The number of benzene rings is 2. The molecule has 0 amide bonds. The van der Waals surface area contributed by atoms with Crippen LogP contribution in [0.5, 0.6) is 5.75 Å². The van der Waals surface area contributed by atoms with Crippen molar-refractivity contribution in [2.24, 2.45) is 0 Å². The molecule has 0 bridgehead atoms. The zero-order valence-corrected chi connectivity index (χ0v) is 10.8. The molecule has 0 spiro atoms. The van der Waals surface area contributed by atoms with Gasteiger partial charge in [-0.05, 0) is 41.8 Å². The predicted octanol–water partition coefficient (Wildman–Crippen LogP) is 3.70. The molecule has 3 heteroatoms. The molecule has 2 aromatic rings. The summed E-state index contributed by atoms with van der Waals surface area (Å²) in [6, 6.07) is 13.2. The molecule has 1 atom stereocenters. The van der Waals surface area contributed by atoms with Crippen LogP contribution in [0.4, 0.5) is 4.39 Å². The van der Waals surface area contributed by atoms with Gasteiger partial charge in [-0.15, -0.1) is 0 Å². The molecular formula is C16H17FO2. The molecule has 100 valence electrons. The normalized spacial score (nSPS) is 12.2. The fraction of sp³-hybridized carbons (Fsp3) is 0.250. The van der Waals surface area contributed by atoms with Crippen molar-refractivity contribution in [2.45, 2.75) is 19.4 Å². The van der Waals surface area contributed by atoms with Crippen molar-refractivity contribution in [3.63, 3.8) is 0 Å². The summed E-state index contributed by atoms with van der Waals surface area (Å²) in [4.78, 5) is 0. The molecule has 0 aliphatic rings. The highest BCUT2D eigenvalue weighted by atomic mass is 19.1. The van der Waals surface area contributed by atoms with Crippen molar-refractivity contribution in [1.82, 2.24) is 0 Å². The first kappa shape index (κ1) is 13.6. The number of hydrogen-bond donors (Lipinski definition) is 1. The van der Waals surface area contributed by atoms with Crippen LogP contribution in [0, 0.1) is 5.82 Å². The van der Waals surface area contributed by atoms with Gasteiger partial charge in [0.05, 0.1) is 6.61 Å². The van der Waals surface area contributed by atoms with E-state index < -0.39 is 6.10 Å². The minimum absolute atomic E-state index is 0.348. The molecule has 2 rings (SSSR count). The van der Waals surface area contributed by atoms with E-state index in [0.717, 1.165) is 17.7 Å². The van der Waals surface area contributed by atoms with Crippen molar-refractivity contribution < 1.29 is 14.2 Å². The van der Waals surface area contributed by atoms with E-state index in [9.17, 15) is 9.50 Å². The van der Waals surface area contributed by atoms with E-state index in [1.165, 1.54) is 12.1 Å². The van der Waals surface area contributed by atoms with Crippen molar-refractivity contribution in [3.8, 4) is 5.75 Å². The summed E-state index contributed by atoms with van der Waals surface area (Å²) in [5, 5.41) is 10.2. The lowest BCUT2D eigenvalue weighted by Gasteiger charge is -2.12. The van der Waals surface area contributed by atoms with E-state index in [1.807, 2.05) is 19.1 Å². The summed E-state index contributed by atoms with van der Waals surface area (Å²) in [5.41, 5.74) is 1.26. The molecular weight excluding hydrogens is 243 g/mol. The van der Waals surface area contributed by atoms with E-state index in [-0.39, 0.29) is 5.82 Å². The lowest BCUT2D eigenvalue weighted by Crippen LogP contribution is -2.00. The van der Waals surface area contributed by atoms with Gasteiger partial charge in [0.25, 0.3) is 0 Å². The van der Waals surface area contributed by atoms with E-state index in [4.69, 9.17) is 4.74 Å². The molecule has 2 aromatic carbocycles. The van der Waals surface area contributed by atoms with Gasteiger partial charge in [0.2, 0.25) is 0 Å². The van der Waals surface area contributed by atoms with Gasteiger partial charge in [-0.3, -0.25) is 0 Å². The van der Waals surface area contributed by atoms with Gasteiger partial charge in [-0.25, -0.2) is 4.39 Å². The van der Waals surface area contributed by atoms with Gasteiger partial charge in [0.15, 0.2) is 0 Å². The van der Waals surface area contributed by atoms with Crippen LogP contribution < -0.4 is 4.74 Å². The van der Waals surface area contributed by atoms with Crippen LogP contribution in [-0.2, 0) is 0 Å². The Bertz CT molecular complexity index is 523. The zero-order chi connectivity index (χ0) is 13.7. The Morgan fingerprint density at radius 2 is 1.84 bits per heavy atom. The standard InChI is InChI=1S/C16H17FO2/c1-2-10-19-15-8-6-12(7-9-15)16(18)13-4-3-5-14(17)11-13/h3-9,11,16,18H,2,10H2,1H3. The molecule has 0 radical (unpaired) electrons. The molecule has 1 unspecified atom stereocenters. The van der Waals surface area contributed by atoms with Gasteiger partial charge in [-0.1, -0.05) is 31.2 Å². The Hall–Kier alpha value is -1.87. The summed E-state index contributed by atoms with van der Waals surface area (Å²) in [5.74, 6) is 0.427.